The highest BCUT2D eigenvalue weighted by Crippen LogP contribution is 2.54. The summed E-state index contributed by atoms with van der Waals surface area (Å²) in [5.74, 6) is 2.17. The van der Waals surface area contributed by atoms with Crippen LogP contribution in [-0.4, -0.2) is 35.3 Å². The number of para-hydroxylation sites is 1. The molecule has 2 unspecified atom stereocenters. The second-order valence-corrected chi connectivity index (χ2v) is 8.79. The van der Waals surface area contributed by atoms with Gasteiger partial charge in [0, 0.05) is 29.8 Å². The molecule has 2 heterocycles. The lowest BCUT2D eigenvalue weighted by Crippen LogP contribution is -2.37. The van der Waals surface area contributed by atoms with Gasteiger partial charge in [0.25, 0.3) is 0 Å². The monoisotopic (exact) mass is 351 g/mol. The molecule has 0 spiro atoms. The van der Waals surface area contributed by atoms with Gasteiger partial charge in [0.15, 0.2) is 0 Å². The molecule has 2 aliphatic heterocycles. The van der Waals surface area contributed by atoms with E-state index < -0.39 is 0 Å². The van der Waals surface area contributed by atoms with Crippen LogP contribution in [0.4, 0.5) is 0 Å². The highest BCUT2D eigenvalue weighted by atomic mass is 32.2. The average Bonchev–Trinajstić information content (AvgIpc) is 3.30. The minimum atomic E-state index is -0.227. The lowest BCUT2D eigenvalue weighted by atomic mass is 9.87. The third kappa shape index (κ3) is 2.63. The molecule has 1 aliphatic carbocycles. The normalized spacial score (nSPS) is 25.7. The molecule has 3 aliphatic rings. The number of amides is 1. The van der Waals surface area contributed by atoms with Crippen molar-refractivity contribution in [1.29, 1.82) is 0 Å². The molecule has 25 heavy (non-hydrogen) atoms. The molecule has 2 aromatic rings. The van der Waals surface area contributed by atoms with Gasteiger partial charge in [0.1, 0.15) is 5.75 Å². The van der Waals surface area contributed by atoms with Crippen LogP contribution in [0.3, 0.4) is 0 Å². The van der Waals surface area contributed by atoms with Gasteiger partial charge in [-0.1, -0.05) is 36.4 Å². The molecule has 0 bridgehead atoms. The Morgan fingerprint density at radius 1 is 1.04 bits per heavy atom. The number of thioether (sulfide) groups is 1. The molecule has 2 fully saturated rings. The maximum atomic E-state index is 13.3. The van der Waals surface area contributed by atoms with Crippen molar-refractivity contribution < 1.29 is 9.53 Å². The van der Waals surface area contributed by atoms with Crippen molar-refractivity contribution in [1.82, 2.24) is 4.90 Å². The molecule has 1 saturated heterocycles. The molecule has 0 N–H and O–H groups in total. The lowest BCUT2D eigenvalue weighted by Gasteiger charge is -2.27. The average molecular weight is 351 g/mol. The van der Waals surface area contributed by atoms with Crippen LogP contribution in [0.1, 0.15) is 24.3 Å². The summed E-state index contributed by atoms with van der Waals surface area (Å²) in [5, 5.41) is 0. The third-order valence-corrected chi connectivity index (χ3v) is 7.13. The molecule has 0 aromatic heterocycles. The summed E-state index contributed by atoms with van der Waals surface area (Å²) in [7, 11) is 0. The summed E-state index contributed by atoms with van der Waals surface area (Å²) in [4.78, 5) is 16.5. The van der Waals surface area contributed by atoms with Crippen LogP contribution >= 0.6 is 11.8 Å². The Morgan fingerprint density at radius 3 is 2.60 bits per heavy atom. The number of hydrogen-bond acceptors (Lipinski definition) is 3. The topological polar surface area (TPSA) is 29.5 Å². The van der Waals surface area contributed by atoms with Crippen molar-refractivity contribution >= 4 is 17.7 Å². The zero-order chi connectivity index (χ0) is 16.9. The van der Waals surface area contributed by atoms with Gasteiger partial charge < -0.3 is 9.64 Å². The van der Waals surface area contributed by atoms with Crippen LogP contribution < -0.4 is 4.74 Å². The lowest BCUT2D eigenvalue weighted by molar-refractivity contribution is -0.130. The first-order valence-electron chi connectivity index (χ1n) is 9.00. The Bertz CT molecular complexity index is 803. The van der Waals surface area contributed by atoms with Crippen molar-refractivity contribution in [2.45, 2.75) is 28.4 Å². The third-order valence-electron chi connectivity index (χ3n) is 5.65. The van der Waals surface area contributed by atoms with Gasteiger partial charge in [-0.2, -0.15) is 0 Å². The Labute approximate surface area is 152 Å². The van der Waals surface area contributed by atoms with Crippen LogP contribution in [0.25, 0.3) is 0 Å². The number of likely N-dealkylation sites (tertiary alicyclic amines) is 1. The quantitative estimate of drug-likeness (QED) is 0.839. The van der Waals surface area contributed by atoms with E-state index in [1.807, 2.05) is 30.3 Å². The molecule has 2 aromatic carbocycles. The van der Waals surface area contributed by atoms with Crippen molar-refractivity contribution in [3.05, 3.63) is 60.2 Å². The van der Waals surface area contributed by atoms with Gasteiger partial charge in [-0.15, -0.1) is 11.8 Å². The summed E-state index contributed by atoms with van der Waals surface area (Å²) < 4.78 is 5.69. The van der Waals surface area contributed by atoms with Gasteiger partial charge in [-0.25, -0.2) is 0 Å². The van der Waals surface area contributed by atoms with E-state index in [4.69, 9.17) is 4.74 Å². The van der Waals surface area contributed by atoms with Gasteiger partial charge in [0.05, 0.1) is 11.4 Å². The first kappa shape index (κ1) is 15.3. The summed E-state index contributed by atoms with van der Waals surface area (Å²) in [6, 6.07) is 18.6. The van der Waals surface area contributed by atoms with Crippen LogP contribution in [0.2, 0.25) is 0 Å². The van der Waals surface area contributed by atoms with Gasteiger partial charge in [0.2, 0.25) is 5.91 Å². The molecule has 2 atom stereocenters. The smallest absolute Gasteiger partial charge is 0.239 e. The largest absolute Gasteiger partial charge is 0.493 e. The number of carbonyl (C=O) groups excluding carboxylic acids is 1. The zero-order valence-corrected chi connectivity index (χ0v) is 14.9. The predicted octanol–water partition coefficient (Wildman–Crippen LogP) is 3.95. The zero-order valence-electron chi connectivity index (χ0n) is 14.1. The van der Waals surface area contributed by atoms with Crippen LogP contribution in [0.15, 0.2) is 59.5 Å². The summed E-state index contributed by atoms with van der Waals surface area (Å²) in [6.45, 7) is 2.39. The fourth-order valence-corrected chi connectivity index (χ4v) is 5.42. The fourth-order valence-electron chi connectivity index (χ4n) is 4.15. The molecular weight excluding hydrogens is 330 g/mol. The van der Waals surface area contributed by atoms with Crippen LogP contribution in [0.5, 0.6) is 5.75 Å². The van der Waals surface area contributed by atoms with Gasteiger partial charge >= 0.3 is 0 Å². The Balaban J connectivity index is 1.35. The molecule has 128 valence electrons. The Hall–Kier alpha value is -1.94. The van der Waals surface area contributed by atoms with Crippen molar-refractivity contribution in [3.8, 4) is 5.75 Å². The highest BCUT2D eigenvalue weighted by Gasteiger charge is 2.54. The second kappa shape index (κ2) is 5.80. The van der Waals surface area contributed by atoms with Crippen LogP contribution in [-0.2, 0) is 4.79 Å². The molecular formula is C21H21NO2S. The van der Waals surface area contributed by atoms with Crippen molar-refractivity contribution in [2.24, 2.45) is 5.92 Å². The maximum absolute atomic E-state index is 13.3. The molecule has 1 amide bonds. The summed E-state index contributed by atoms with van der Waals surface area (Å²) in [5.41, 5.74) is 1.27. The van der Waals surface area contributed by atoms with Gasteiger partial charge in [-0.05, 0) is 36.6 Å². The van der Waals surface area contributed by atoms with E-state index in [-0.39, 0.29) is 4.75 Å². The fraction of sp³-hybridized carbons (Fsp3) is 0.381. The number of benzene rings is 2. The first-order chi connectivity index (χ1) is 12.3. The summed E-state index contributed by atoms with van der Waals surface area (Å²) >= 11 is 1.75. The number of rotatable bonds is 3. The minimum absolute atomic E-state index is 0.227. The van der Waals surface area contributed by atoms with Gasteiger partial charge in [-0.3, -0.25) is 4.79 Å². The SMILES string of the molecule is O=C(N1CC2COc3ccccc3C2C1)C1(Sc2ccccc2)CC1. The Morgan fingerprint density at radius 2 is 1.80 bits per heavy atom. The van der Waals surface area contributed by atoms with E-state index in [2.05, 4.69) is 29.2 Å². The standard InChI is InChI=1S/C21H21NO2S/c23-20(21(10-11-21)25-16-6-2-1-3-7-16)22-12-15-14-24-19-9-5-4-8-17(19)18(15)13-22/h1-9,15,18H,10-14H2. The predicted molar refractivity (Wildman–Crippen MR) is 99.0 cm³/mol. The number of fused-ring (bicyclic) bond motifs is 3. The first-order valence-corrected chi connectivity index (χ1v) is 9.82. The number of hydrogen-bond donors (Lipinski definition) is 0. The molecule has 1 saturated carbocycles. The Kier molecular flexibility index (Phi) is 3.56. The molecule has 0 radical (unpaired) electrons. The molecule has 5 rings (SSSR count). The molecule has 4 heteroatoms. The van der Waals surface area contributed by atoms with Crippen LogP contribution in [0, 0.1) is 5.92 Å². The minimum Gasteiger partial charge on any atom is -0.493 e. The maximum Gasteiger partial charge on any atom is 0.239 e. The van der Waals surface area contributed by atoms with E-state index in [1.54, 1.807) is 11.8 Å². The van der Waals surface area contributed by atoms with Crippen molar-refractivity contribution in [3.63, 3.8) is 0 Å². The number of ether oxygens (including phenoxy) is 1. The van der Waals surface area contributed by atoms with E-state index in [9.17, 15) is 4.79 Å². The van der Waals surface area contributed by atoms with Crippen molar-refractivity contribution in [2.75, 3.05) is 19.7 Å². The van der Waals surface area contributed by atoms with E-state index in [0.717, 1.165) is 38.3 Å². The highest BCUT2D eigenvalue weighted by molar-refractivity contribution is 8.01. The van der Waals surface area contributed by atoms with E-state index >= 15 is 0 Å². The van der Waals surface area contributed by atoms with E-state index in [1.165, 1.54) is 10.5 Å². The number of carbonyl (C=O) groups is 1. The molecule has 3 nitrogen and oxygen atoms in total. The van der Waals surface area contributed by atoms with E-state index in [0.29, 0.717) is 17.7 Å². The number of nitrogens with zero attached hydrogens (tertiary/aromatic N) is 1. The summed E-state index contributed by atoms with van der Waals surface area (Å²) in [6.07, 6.45) is 1.98. The second-order valence-electron chi connectivity index (χ2n) is 7.33.